The molecule has 4 rings (SSSR count). The number of methoxy groups -OCH3 is 1. The Kier molecular flexibility index (Phi) is 3.74. The van der Waals surface area contributed by atoms with Crippen LogP contribution in [0.2, 0.25) is 5.02 Å². The van der Waals surface area contributed by atoms with Crippen molar-refractivity contribution in [2.45, 2.75) is 13.5 Å². The molecule has 6 nitrogen and oxygen atoms in total. The fourth-order valence-electron chi connectivity index (χ4n) is 3.27. The van der Waals surface area contributed by atoms with Crippen LogP contribution >= 0.6 is 11.6 Å². The summed E-state index contributed by atoms with van der Waals surface area (Å²) in [6.07, 6.45) is 1.74. The van der Waals surface area contributed by atoms with E-state index >= 15 is 0 Å². The van der Waals surface area contributed by atoms with E-state index in [1.165, 1.54) is 4.68 Å². The van der Waals surface area contributed by atoms with Gasteiger partial charge in [0, 0.05) is 17.1 Å². The number of rotatable bonds is 3. The van der Waals surface area contributed by atoms with Gasteiger partial charge < -0.3 is 14.8 Å². The van der Waals surface area contributed by atoms with Crippen LogP contribution in [0.3, 0.4) is 0 Å². The zero-order chi connectivity index (χ0) is 18.4. The Hall–Kier alpha value is -3.17. The zero-order valence-corrected chi connectivity index (χ0v) is 14.9. The van der Waals surface area contributed by atoms with Crippen LogP contribution in [0.1, 0.15) is 16.7 Å². The maximum Gasteiger partial charge on any atom is 0.217 e. The molecule has 0 saturated heterocycles. The fourth-order valence-corrected chi connectivity index (χ4v) is 3.54. The summed E-state index contributed by atoms with van der Waals surface area (Å²) in [6.45, 7) is 2.25. The number of aromatic amines is 1. The Bertz CT molecular complexity index is 1200. The molecule has 2 aromatic heterocycles. The number of nitrogens with zero attached hydrogens (tertiary/aromatic N) is 3. The van der Waals surface area contributed by atoms with Crippen LogP contribution < -0.4 is 4.74 Å². The number of hydrogen-bond acceptors (Lipinski definition) is 4. The maximum atomic E-state index is 10.6. The molecule has 2 aromatic carbocycles. The molecule has 0 radical (unpaired) electrons. The zero-order valence-electron chi connectivity index (χ0n) is 14.2. The largest absolute Gasteiger partial charge is 0.496 e. The third-order valence-electron chi connectivity index (χ3n) is 4.54. The summed E-state index contributed by atoms with van der Waals surface area (Å²) in [5, 5.41) is 26.1. The quantitative estimate of drug-likeness (QED) is 0.571. The lowest BCUT2D eigenvalue weighted by Gasteiger charge is -2.13. The van der Waals surface area contributed by atoms with Gasteiger partial charge in [-0.05, 0) is 36.8 Å². The highest BCUT2D eigenvalue weighted by atomic mass is 35.5. The highest BCUT2D eigenvalue weighted by Crippen LogP contribution is 2.37. The number of fused-ring (bicyclic) bond motifs is 2. The summed E-state index contributed by atoms with van der Waals surface area (Å²) in [5.74, 6) is 0.674. The molecule has 7 heteroatoms. The second-order valence-electron chi connectivity index (χ2n) is 6.09. The van der Waals surface area contributed by atoms with E-state index < -0.39 is 0 Å². The molecule has 0 saturated carbocycles. The minimum absolute atomic E-state index is 0.000429. The Morgan fingerprint density at radius 1 is 1.38 bits per heavy atom. The van der Waals surface area contributed by atoms with Crippen LogP contribution in [-0.2, 0) is 6.54 Å². The summed E-state index contributed by atoms with van der Waals surface area (Å²) in [5.41, 5.74) is 3.85. The van der Waals surface area contributed by atoms with Crippen molar-refractivity contribution < 1.29 is 9.84 Å². The van der Waals surface area contributed by atoms with E-state index in [0.29, 0.717) is 27.2 Å². The second kappa shape index (κ2) is 5.97. The van der Waals surface area contributed by atoms with Crippen molar-refractivity contribution in [3.8, 4) is 17.7 Å². The van der Waals surface area contributed by atoms with Crippen LogP contribution in [0.5, 0.6) is 11.6 Å². The van der Waals surface area contributed by atoms with E-state index in [4.69, 9.17) is 21.6 Å². The van der Waals surface area contributed by atoms with Gasteiger partial charge in [-0.25, -0.2) is 4.68 Å². The minimum Gasteiger partial charge on any atom is -0.496 e. The van der Waals surface area contributed by atoms with E-state index in [2.05, 4.69) is 16.2 Å². The lowest BCUT2D eigenvalue weighted by molar-refractivity contribution is 0.396. The minimum atomic E-state index is -0.000429. The van der Waals surface area contributed by atoms with Gasteiger partial charge in [0.05, 0.1) is 46.7 Å². The molecule has 2 heterocycles. The SMILES string of the molecule is COc1cc(C)c2[nH]cc(Cl)c2c1Cn1nc2ccc(C#N)cc2c1O. The van der Waals surface area contributed by atoms with Gasteiger partial charge in [0.1, 0.15) is 5.75 Å². The first-order chi connectivity index (χ1) is 12.5. The van der Waals surface area contributed by atoms with Crippen molar-refractivity contribution in [3.63, 3.8) is 0 Å². The van der Waals surface area contributed by atoms with Crippen molar-refractivity contribution in [1.82, 2.24) is 14.8 Å². The Balaban J connectivity index is 1.92. The number of aromatic hydroxyl groups is 1. The molecule has 0 fully saturated rings. The normalized spacial score (nSPS) is 11.2. The van der Waals surface area contributed by atoms with Crippen LogP contribution in [0.25, 0.3) is 21.8 Å². The Labute approximate surface area is 154 Å². The van der Waals surface area contributed by atoms with Gasteiger partial charge in [-0.1, -0.05) is 11.6 Å². The highest BCUT2D eigenvalue weighted by molar-refractivity contribution is 6.36. The molecule has 0 bridgehead atoms. The molecule has 0 aliphatic heterocycles. The van der Waals surface area contributed by atoms with E-state index in [1.54, 1.807) is 31.5 Å². The van der Waals surface area contributed by atoms with Gasteiger partial charge in [0.25, 0.3) is 0 Å². The monoisotopic (exact) mass is 366 g/mol. The molecular formula is C19H15ClN4O2. The van der Waals surface area contributed by atoms with Gasteiger partial charge >= 0.3 is 0 Å². The summed E-state index contributed by atoms with van der Waals surface area (Å²) in [6, 6.07) is 9.01. The van der Waals surface area contributed by atoms with Gasteiger partial charge in [-0.2, -0.15) is 10.4 Å². The molecular weight excluding hydrogens is 352 g/mol. The third-order valence-corrected chi connectivity index (χ3v) is 4.84. The topological polar surface area (TPSA) is 86.9 Å². The van der Waals surface area contributed by atoms with Crippen molar-refractivity contribution in [2.75, 3.05) is 7.11 Å². The number of benzene rings is 2. The first-order valence-electron chi connectivity index (χ1n) is 7.96. The lowest BCUT2D eigenvalue weighted by atomic mass is 10.0. The van der Waals surface area contributed by atoms with Crippen molar-refractivity contribution >= 4 is 33.4 Å². The predicted octanol–water partition coefficient (Wildman–Crippen LogP) is 4.11. The molecule has 0 unspecified atom stereocenters. The first kappa shape index (κ1) is 16.3. The second-order valence-corrected chi connectivity index (χ2v) is 6.49. The van der Waals surface area contributed by atoms with Gasteiger partial charge in [0.15, 0.2) is 0 Å². The number of halogens is 1. The predicted molar refractivity (Wildman–Crippen MR) is 99.8 cm³/mol. The molecule has 2 N–H and O–H groups in total. The smallest absolute Gasteiger partial charge is 0.217 e. The molecule has 0 atom stereocenters. The summed E-state index contributed by atoms with van der Waals surface area (Å²) in [7, 11) is 1.60. The van der Waals surface area contributed by atoms with Gasteiger partial charge in [-0.3, -0.25) is 0 Å². The van der Waals surface area contributed by atoms with Gasteiger partial charge in [-0.15, -0.1) is 0 Å². The Morgan fingerprint density at radius 2 is 2.19 bits per heavy atom. The van der Waals surface area contributed by atoms with Crippen molar-refractivity contribution in [1.29, 1.82) is 5.26 Å². The number of nitriles is 1. The van der Waals surface area contributed by atoms with Crippen LogP contribution in [0.15, 0.2) is 30.5 Å². The molecule has 4 aromatic rings. The average Bonchev–Trinajstić information content (AvgIpc) is 3.18. The number of hydrogen-bond donors (Lipinski definition) is 2. The highest BCUT2D eigenvalue weighted by Gasteiger charge is 2.19. The number of aromatic nitrogens is 3. The number of ether oxygens (including phenoxy) is 1. The lowest BCUT2D eigenvalue weighted by Crippen LogP contribution is -2.04. The standard InChI is InChI=1S/C19H15ClN4O2/c1-10-5-16(26-2)13(17-14(20)8-22-18(10)17)9-24-19(25)12-6-11(7-21)3-4-15(12)23-24/h3-6,8,22,25H,9H2,1-2H3. The molecule has 0 aliphatic rings. The molecule has 26 heavy (non-hydrogen) atoms. The summed E-state index contributed by atoms with van der Waals surface area (Å²) in [4.78, 5) is 3.17. The van der Waals surface area contributed by atoms with Crippen molar-refractivity contribution in [2.24, 2.45) is 0 Å². The van der Waals surface area contributed by atoms with Crippen molar-refractivity contribution in [3.05, 3.63) is 52.2 Å². The Morgan fingerprint density at radius 3 is 2.92 bits per heavy atom. The third kappa shape index (κ3) is 2.37. The first-order valence-corrected chi connectivity index (χ1v) is 8.34. The number of nitrogens with one attached hydrogen (secondary N) is 1. The van der Waals surface area contributed by atoms with E-state index in [0.717, 1.165) is 22.0 Å². The fraction of sp³-hybridized carbons (Fsp3) is 0.158. The summed E-state index contributed by atoms with van der Waals surface area (Å²) >= 11 is 6.39. The number of H-pyrrole nitrogens is 1. The molecule has 0 amide bonds. The van der Waals surface area contributed by atoms with E-state index in [-0.39, 0.29) is 12.4 Å². The van der Waals surface area contributed by atoms with Crippen LogP contribution in [0, 0.1) is 18.3 Å². The van der Waals surface area contributed by atoms with E-state index in [9.17, 15) is 5.11 Å². The number of aryl methyl sites for hydroxylation is 1. The summed E-state index contributed by atoms with van der Waals surface area (Å²) < 4.78 is 7.03. The van der Waals surface area contributed by atoms with Crippen LogP contribution in [-0.4, -0.2) is 27.0 Å². The average molecular weight is 367 g/mol. The van der Waals surface area contributed by atoms with E-state index in [1.807, 2.05) is 13.0 Å². The maximum absolute atomic E-state index is 10.6. The molecule has 0 spiro atoms. The van der Waals surface area contributed by atoms with Gasteiger partial charge in [0.2, 0.25) is 5.88 Å². The molecule has 0 aliphatic carbocycles. The molecule has 130 valence electrons. The van der Waals surface area contributed by atoms with Crippen LogP contribution in [0.4, 0.5) is 0 Å².